The van der Waals surface area contributed by atoms with Crippen molar-refractivity contribution in [1.82, 2.24) is 5.32 Å². The van der Waals surface area contributed by atoms with E-state index in [1.54, 1.807) is 7.11 Å². The van der Waals surface area contributed by atoms with Crippen LogP contribution in [0.2, 0.25) is 0 Å². The van der Waals surface area contributed by atoms with E-state index in [0.717, 1.165) is 35.5 Å². The molecule has 4 heteroatoms. The summed E-state index contributed by atoms with van der Waals surface area (Å²) in [6.45, 7) is 7.63. The van der Waals surface area contributed by atoms with E-state index in [2.05, 4.69) is 35.8 Å². The summed E-state index contributed by atoms with van der Waals surface area (Å²) in [5, 5.41) is 6.36. The lowest BCUT2D eigenvalue weighted by molar-refractivity contribution is -0.116. The van der Waals surface area contributed by atoms with Crippen molar-refractivity contribution in [3.05, 3.63) is 58.7 Å². The smallest absolute Gasteiger partial charge is 0.225 e. The fourth-order valence-corrected chi connectivity index (χ4v) is 2.97. The largest absolute Gasteiger partial charge is 0.497 e. The second kappa shape index (κ2) is 9.23. The molecule has 0 atom stereocenters. The Kier molecular flexibility index (Phi) is 7.02. The van der Waals surface area contributed by atoms with E-state index in [0.29, 0.717) is 13.0 Å². The van der Waals surface area contributed by atoms with Crippen molar-refractivity contribution in [3.8, 4) is 5.75 Å². The van der Waals surface area contributed by atoms with E-state index < -0.39 is 0 Å². The van der Waals surface area contributed by atoms with Gasteiger partial charge in [-0.25, -0.2) is 0 Å². The quantitative estimate of drug-likeness (QED) is 0.719. The fraction of sp³-hybridized carbons (Fsp3) is 0.381. The van der Waals surface area contributed by atoms with Crippen LogP contribution in [0.4, 0.5) is 5.69 Å². The number of nitrogens with one attached hydrogen (secondary N) is 2. The number of benzene rings is 2. The Morgan fingerprint density at radius 2 is 1.76 bits per heavy atom. The average molecular weight is 340 g/mol. The zero-order chi connectivity index (χ0) is 18.2. The van der Waals surface area contributed by atoms with E-state index >= 15 is 0 Å². The van der Waals surface area contributed by atoms with Gasteiger partial charge in [-0.2, -0.15) is 0 Å². The number of anilines is 1. The van der Waals surface area contributed by atoms with Crippen LogP contribution in [0.15, 0.2) is 36.4 Å². The van der Waals surface area contributed by atoms with Gasteiger partial charge in [-0.15, -0.1) is 0 Å². The second-order valence-corrected chi connectivity index (χ2v) is 6.42. The predicted molar refractivity (Wildman–Crippen MR) is 103 cm³/mol. The van der Waals surface area contributed by atoms with Gasteiger partial charge in [0, 0.05) is 18.7 Å². The van der Waals surface area contributed by atoms with Crippen LogP contribution in [0.5, 0.6) is 5.75 Å². The van der Waals surface area contributed by atoms with Gasteiger partial charge in [0.25, 0.3) is 0 Å². The van der Waals surface area contributed by atoms with Crippen molar-refractivity contribution in [2.45, 2.75) is 33.6 Å². The number of ether oxygens (including phenoxy) is 1. The summed E-state index contributed by atoms with van der Waals surface area (Å²) in [6, 6.07) is 12.2. The third kappa shape index (κ3) is 5.91. The second-order valence-electron chi connectivity index (χ2n) is 6.42. The Bertz CT molecular complexity index is 703. The van der Waals surface area contributed by atoms with Crippen LogP contribution >= 0.6 is 0 Å². The number of hydrogen-bond donors (Lipinski definition) is 2. The number of amides is 1. The van der Waals surface area contributed by atoms with Gasteiger partial charge in [-0.05, 0) is 62.6 Å². The molecule has 0 spiro atoms. The van der Waals surface area contributed by atoms with Crippen molar-refractivity contribution in [2.75, 3.05) is 25.5 Å². The SMILES string of the molecule is COc1cccc(CCNCCC(=O)Nc2c(C)cc(C)cc2C)c1. The van der Waals surface area contributed by atoms with Crippen LogP contribution in [0, 0.1) is 20.8 Å². The van der Waals surface area contributed by atoms with Gasteiger partial charge in [0.05, 0.1) is 7.11 Å². The molecule has 0 unspecified atom stereocenters. The van der Waals surface area contributed by atoms with Crippen molar-refractivity contribution >= 4 is 11.6 Å². The van der Waals surface area contributed by atoms with Crippen molar-refractivity contribution < 1.29 is 9.53 Å². The van der Waals surface area contributed by atoms with E-state index in [4.69, 9.17) is 4.74 Å². The molecule has 1 amide bonds. The molecule has 2 aromatic rings. The number of carbonyl (C=O) groups excluding carboxylic acids is 1. The minimum atomic E-state index is 0.0453. The topological polar surface area (TPSA) is 50.4 Å². The monoisotopic (exact) mass is 340 g/mol. The number of rotatable bonds is 8. The Hall–Kier alpha value is -2.33. The highest BCUT2D eigenvalue weighted by atomic mass is 16.5. The maximum atomic E-state index is 12.2. The molecule has 0 saturated carbocycles. The van der Waals surface area contributed by atoms with Gasteiger partial charge < -0.3 is 15.4 Å². The summed E-state index contributed by atoms with van der Waals surface area (Å²) in [7, 11) is 1.67. The molecular formula is C21H28N2O2. The molecule has 2 N–H and O–H groups in total. The van der Waals surface area contributed by atoms with Crippen LogP contribution in [0.1, 0.15) is 28.7 Å². The lowest BCUT2D eigenvalue weighted by atomic mass is 10.1. The normalized spacial score (nSPS) is 10.6. The van der Waals surface area contributed by atoms with Gasteiger partial charge in [0.15, 0.2) is 0 Å². The first-order chi connectivity index (χ1) is 12.0. The third-order valence-electron chi connectivity index (χ3n) is 4.19. The molecular weight excluding hydrogens is 312 g/mol. The maximum Gasteiger partial charge on any atom is 0.225 e. The zero-order valence-electron chi connectivity index (χ0n) is 15.6. The number of hydrogen-bond acceptors (Lipinski definition) is 3. The zero-order valence-corrected chi connectivity index (χ0v) is 15.6. The number of carbonyl (C=O) groups is 1. The Morgan fingerprint density at radius 1 is 1.04 bits per heavy atom. The summed E-state index contributed by atoms with van der Waals surface area (Å²) in [5.74, 6) is 0.921. The molecule has 134 valence electrons. The van der Waals surface area contributed by atoms with Crippen molar-refractivity contribution in [2.24, 2.45) is 0 Å². The third-order valence-corrected chi connectivity index (χ3v) is 4.19. The number of methoxy groups -OCH3 is 1. The molecule has 0 aliphatic carbocycles. The molecule has 4 nitrogen and oxygen atoms in total. The predicted octanol–water partition coefficient (Wildman–Crippen LogP) is 3.78. The highest BCUT2D eigenvalue weighted by Gasteiger charge is 2.08. The molecule has 0 radical (unpaired) electrons. The molecule has 0 fully saturated rings. The first kappa shape index (κ1) is 19.0. The summed E-state index contributed by atoms with van der Waals surface area (Å²) in [4.78, 5) is 12.2. The molecule has 25 heavy (non-hydrogen) atoms. The first-order valence-electron chi connectivity index (χ1n) is 8.71. The van der Waals surface area contributed by atoms with Crippen LogP contribution in [-0.4, -0.2) is 26.1 Å². The van der Waals surface area contributed by atoms with E-state index in [-0.39, 0.29) is 5.91 Å². The summed E-state index contributed by atoms with van der Waals surface area (Å²) in [5.41, 5.74) is 5.59. The summed E-state index contributed by atoms with van der Waals surface area (Å²) >= 11 is 0. The Balaban J connectivity index is 1.72. The summed E-state index contributed by atoms with van der Waals surface area (Å²) < 4.78 is 5.22. The molecule has 2 aromatic carbocycles. The first-order valence-corrected chi connectivity index (χ1v) is 8.71. The van der Waals surface area contributed by atoms with Gasteiger partial charge >= 0.3 is 0 Å². The lowest BCUT2D eigenvalue weighted by Crippen LogP contribution is -2.24. The van der Waals surface area contributed by atoms with Gasteiger partial charge in [-0.1, -0.05) is 29.8 Å². The van der Waals surface area contributed by atoms with E-state index in [1.165, 1.54) is 11.1 Å². The van der Waals surface area contributed by atoms with E-state index in [9.17, 15) is 4.79 Å². The highest BCUT2D eigenvalue weighted by Crippen LogP contribution is 2.21. The van der Waals surface area contributed by atoms with Gasteiger partial charge in [-0.3, -0.25) is 4.79 Å². The molecule has 0 aromatic heterocycles. The minimum absolute atomic E-state index is 0.0453. The fourth-order valence-electron chi connectivity index (χ4n) is 2.97. The molecule has 2 rings (SSSR count). The minimum Gasteiger partial charge on any atom is -0.497 e. The maximum absolute atomic E-state index is 12.2. The van der Waals surface area contributed by atoms with Crippen LogP contribution in [0.25, 0.3) is 0 Å². The van der Waals surface area contributed by atoms with Crippen LogP contribution in [0.3, 0.4) is 0 Å². The van der Waals surface area contributed by atoms with Gasteiger partial charge in [0.1, 0.15) is 5.75 Å². The number of aryl methyl sites for hydroxylation is 3. The van der Waals surface area contributed by atoms with Crippen LogP contribution < -0.4 is 15.4 Å². The van der Waals surface area contributed by atoms with Crippen LogP contribution in [-0.2, 0) is 11.2 Å². The lowest BCUT2D eigenvalue weighted by Gasteiger charge is -2.13. The molecule has 0 aliphatic rings. The van der Waals surface area contributed by atoms with E-state index in [1.807, 2.05) is 32.0 Å². The highest BCUT2D eigenvalue weighted by molar-refractivity contribution is 5.92. The Morgan fingerprint density at radius 3 is 2.44 bits per heavy atom. The van der Waals surface area contributed by atoms with Gasteiger partial charge in [0.2, 0.25) is 5.91 Å². The molecule has 0 heterocycles. The summed E-state index contributed by atoms with van der Waals surface area (Å²) in [6.07, 6.45) is 1.37. The molecule has 0 saturated heterocycles. The molecule has 0 aliphatic heterocycles. The molecule has 0 bridgehead atoms. The Labute approximate surface area is 150 Å². The van der Waals surface area contributed by atoms with Crippen molar-refractivity contribution in [3.63, 3.8) is 0 Å². The van der Waals surface area contributed by atoms with Crippen molar-refractivity contribution in [1.29, 1.82) is 0 Å². The average Bonchev–Trinajstić information content (AvgIpc) is 2.58. The standard InChI is InChI=1S/C21H28N2O2/c1-15-12-16(2)21(17(3)13-15)23-20(24)9-11-22-10-8-18-6-5-7-19(14-18)25-4/h5-7,12-14,22H,8-11H2,1-4H3,(H,23,24).